The van der Waals surface area contributed by atoms with Gasteiger partial charge in [-0.3, -0.25) is 19.2 Å². The molecule has 0 aromatic heterocycles. The van der Waals surface area contributed by atoms with E-state index in [0.29, 0.717) is 0 Å². The molecular weight excluding hydrogens is 560 g/mol. The zero-order valence-corrected chi connectivity index (χ0v) is 22.3. The number of rotatable bonds is 21. The van der Waals surface area contributed by atoms with Gasteiger partial charge in [0.1, 0.15) is 30.5 Å². The summed E-state index contributed by atoms with van der Waals surface area (Å²) in [5.41, 5.74) is 3.45. The zero-order chi connectivity index (χ0) is 31.1. The molecule has 1 aliphatic heterocycles. The van der Waals surface area contributed by atoms with Gasteiger partial charge >= 0.3 is 5.97 Å². The van der Waals surface area contributed by atoms with E-state index >= 15 is 0 Å². The van der Waals surface area contributed by atoms with Gasteiger partial charge in [0.25, 0.3) is 5.79 Å². The van der Waals surface area contributed by atoms with Crippen LogP contribution in [0.15, 0.2) is 0 Å². The van der Waals surface area contributed by atoms with Crippen LogP contribution in [0, 0.1) is 0 Å². The van der Waals surface area contributed by atoms with Crippen LogP contribution >= 0.6 is 0 Å². The molecule has 1 aliphatic rings. The van der Waals surface area contributed by atoms with Crippen LogP contribution in [-0.4, -0.2) is 156 Å². The maximum atomic E-state index is 12.9. The second-order valence-electron chi connectivity index (χ2n) is 8.97. The molecule has 1 fully saturated rings. The number of ketones is 1. The number of carbonyl (C=O) groups is 4. The van der Waals surface area contributed by atoms with Crippen molar-refractivity contribution in [2.75, 3.05) is 65.9 Å². The summed E-state index contributed by atoms with van der Waals surface area (Å²) in [6.07, 6.45) is -9.68. The Bertz CT molecular complexity index is 852. The number of Topliss-reactive ketones (excluding diaryl/α,β-unsaturated/α-hetero) is 1. The largest absolute Gasteiger partial charge is 0.477 e. The molecule has 238 valence electrons. The Balaban J connectivity index is 2.38. The Morgan fingerprint density at radius 3 is 2.12 bits per heavy atom. The predicted octanol–water partition coefficient (Wildman–Crippen LogP) is -6.55. The average Bonchev–Trinajstić information content (AvgIpc) is 2.93. The maximum Gasteiger partial charge on any atom is 0.364 e. The molecule has 19 heteroatoms. The molecule has 12 N–H and O–H groups in total. The Labute approximate surface area is 234 Å². The molecule has 0 radical (unpaired) electrons. The third-order valence-electron chi connectivity index (χ3n) is 5.97. The topological polar surface area (TPSA) is 312 Å². The Morgan fingerprint density at radius 2 is 1.56 bits per heavy atom. The fraction of sp³-hybridized carbons (Fsp3) is 0.818. The summed E-state index contributed by atoms with van der Waals surface area (Å²) in [7, 11) is 0. The normalized spacial score (nSPS) is 25.7. The number of nitrogens with two attached hydrogens (primary N) is 2. The molecule has 0 spiro atoms. The number of amides is 2. The number of ether oxygens (including phenoxy) is 4. The van der Waals surface area contributed by atoms with Crippen LogP contribution in [0.4, 0.5) is 0 Å². The van der Waals surface area contributed by atoms with Crippen LogP contribution in [-0.2, 0) is 43.0 Å². The number of carboxylic acid groups (broad SMARTS) is 1. The van der Waals surface area contributed by atoms with E-state index in [1.54, 1.807) is 0 Å². The molecule has 0 aromatic rings. The standard InChI is InChI=1S/C22H40N4O15/c23-22(14(29)9-21(36,20(34)35)41-19(22)18(33)13(28)11-27)15(30)10-26-16(31)1-3-37-5-7-39-8-6-38-4-2-25-17(32)12-40-24/h13-14,18-19,27-29,33,36H,1-12,23-24H2,(H,25,32)(H,26,31)(H,34,35)/t13-,14+,18-,19+,21+,22+/m1/s1. The van der Waals surface area contributed by atoms with E-state index in [1.807, 2.05) is 0 Å². The van der Waals surface area contributed by atoms with E-state index in [4.69, 9.17) is 35.7 Å². The van der Waals surface area contributed by atoms with Gasteiger partial charge in [-0.1, -0.05) is 0 Å². The minimum absolute atomic E-state index is 0.0404. The molecule has 1 heterocycles. The molecule has 0 aromatic carbocycles. The number of aliphatic hydroxyl groups is 5. The first-order valence-electron chi connectivity index (χ1n) is 12.5. The van der Waals surface area contributed by atoms with Gasteiger partial charge in [-0.15, -0.1) is 0 Å². The van der Waals surface area contributed by atoms with Crippen molar-refractivity contribution >= 4 is 23.6 Å². The van der Waals surface area contributed by atoms with Gasteiger partial charge in [0.2, 0.25) is 11.8 Å². The minimum Gasteiger partial charge on any atom is -0.477 e. The van der Waals surface area contributed by atoms with Crippen molar-refractivity contribution in [3.05, 3.63) is 0 Å². The van der Waals surface area contributed by atoms with Crippen molar-refractivity contribution in [2.45, 2.75) is 48.6 Å². The molecule has 6 atom stereocenters. The van der Waals surface area contributed by atoms with Crippen LogP contribution in [0.2, 0.25) is 0 Å². The summed E-state index contributed by atoms with van der Waals surface area (Å²) in [4.78, 5) is 51.7. The van der Waals surface area contributed by atoms with Crippen LogP contribution in [0.25, 0.3) is 0 Å². The van der Waals surface area contributed by atoms with Gasteiger partial charge < -0.3 is 66.0 Å². The summed E-state index contributed by atoms with van der Waals surface area (Å²) in [5.74, 6) is -2.37. The lowest BCUT2D eigenvalue weighted by molar-refractivity contribution is -0.303. The van der Waals surface area contributed by atoms with E-state index in [1.165, 1.54) is 0 Å². The quantitative estimate of drug-likeness (QED) is 0.0432. The fourth-order valence-electron chi connectivity index (χ4n) is 3.64. The highest BCUT2D eigenvalue weighted by molar-refractivity contribution is 5.94. The highest BCUT2D eigenvalue weighted by Gasteiger charge is 2.62. The van der Waals surface area contributed by atoms with Crippen LogP contribution in [0.1, 0.15) is 12.8 Å². The SMILES string of the molecule is NOCC(=O)NCCOCCOCCOCCC(=O)NCC(=O)[C@@]1(N)[C@@H](O)C[C@@](O)(C(=O)O)O[C@H]1[C@H](O)[C@H](O)CO. The molecule has 2 amide bonds. The third-order valence-corrected chi connectivity index (χ3v) is 5.97. The number of aliphatic carboxylic acids is 1. The highest BCUT2D eigenvalue weighted by atomic mass is 16.7. The van der Waals surface area contributed by atoms with Gasteiger partial charge in [0.15, 0.2) is 5.78 Å². The van der Waals surface area contributed by atoms with E-state index in [9.17, 15) is 44.7 Å². The van der Waals surface area contributed by atoms with Gasteiger partial charge in [-0.05, 0) is 0 Å². The molecule has 0 unspecified atom stereocenters. The van der Waals surface area contributed by atoms with Crippen LogP contribution in [0.5, 0.6) is 0 Å². The molecule has 1 rings (SSSR count). The summed E-state index contributed by atoms with van der Waals surface area (Å²) in [5, 5.41) is 63.9. The molecule has 41 heavy (non-hydrogen) atoms. The van der Waals surface area contributed by atoms with Crippen LogP contribution < -0.4 is 22.3 Å². The first kappa shape index (κ1) is 36.6. The Kier molecular flexibility index (Phi) is 16.3. The third kappa shape index (κ3) is 11.4. The Hall–Kier alpha value is -2.40. The molecule has 19 nitrogen and oxygen atoms in total. The second kappa shape index (κ2) is 18.2. The zero-order valence-electron chi connectivity index (χ0n) is 22.3. The smallest absolute Gasteiger partial charge is 0.364 e. The highest BCUT2D eigenvalue weighted by Crippen LogP contribution is 2.36. The Morgan fingerprint density at radius 1 is 0.976 bits per heavy atom. The van der Waals surface area contributed by atoms with Gasteiger partial charge in [-0.25, -0.2) is 10.7 Å². The van der Waals surface area contributed by atoms with Crippen molar-refractivity contribution in [3.63, 3.8) is 0 Å². The van der Waals surface area contributed by atoms with Gasteiger partial charge in [0, 0.05) is 19.4 Å². The molecule has 0 bridgehead atoms. The van der Waals surface area contributed by atoms with Gasteiger partial charge in [0.05, 0.1) is 58.9 Å². The first-order valence-corrected chi connectivity index (χ1v) is 12.5. The summed E-state index contributed by atoms with van der Waals surface area (Å²) >= 11 is 0. The second-order valence-corrected chi connectivity index (χ2v) is 8.97. The average molecular weight is 601 g/mol. The predicted molar refractivity (Wildman–Crippen MR) is 132 cm³/mol. The number of hydrogen-bond acceptors (Lipinski definition) is 16. The monoisotopic (exact) mass is 600 g/mol. The number of nitrogens with one attached hydrogen (secondary N) is 2. The number of carboxylic acids is 1. The number of aliphatic hydroxyl groups excluding tert-OH is 4. The van der Waals surface area contributed by atoms with E-state index in [0.717, 1.165) is 0 Å². The molecule has 0 aliphatic carbocycles. The lowest BCUT2D eigenvalue weighted by atomic mass is 9.74. The first-order chi connectivity index (χ1) is 19.3. The number of carbonyl (C=O) groups excluding carboxylic acids is 3. The van der Waals surface area contributed by atoms with Crippen molar-refractivity contribution in [3.8, 4) is 0 Å². The molecule has 0 saturated carbocycles. The lowest BCUT2D eigenvalue weighted by Gasteiger charge is -2.49. The van der Waals surface area contributed by atoms with E-state index in [-0.39, 0.29) is 65.1 Å². The molecule has 1 saturated heterocycles. The summed E-state index contributed by atoms with van der Waals surface area (Å²) in [6, 6.07) is 0. The summed E-state index contributed by atoms with van der Waals surface area (Å²) < 4.78 is 20.7. The van der Waals surface area contributed by atoms with E-state index in [2.05, 4.69) is 15.5 Å². The van der Waals surface area contributed by atoms with E-state index < -0.39 is 73.0 Å². The maximum absolute atomic E-state index is 12.9. The van der Waals surface area contributed by atoms with Crippen molar-refractivity contribution in [2.24, 2.45) is 11.6 Å². The molecular formula is C22H40N4O15. The summed E-state index contributed by atoms with van der Waals surface area (Å²) in [6.45, 7) is -0.688. The minimum atomic E-state index is -3.06. The fourth-order valence-corrected chi connectivity index (χ4v) is 3.64. The van der Waals surface area contributed by atoms with Crippen molar-refractivity contribution < 1.29 is 73.6 Å². The lowest BCUT2D eigenvalue weighted by Crippen LogP contribution is -2.77. The van der Waals surface area contributed by atoms with Crippen molar-refractivity contribution in [1.29, 1.82) is 0 Å². The number of hydrogen-bond donors (Lipinski definition) is 10. The van der Waals surface area contributed by atoms with Crippen LogP contribution in [0.3, 0.4) is 0 Å². The van der Waals surface area contributed by atoms with Gasteiger partial charge in [-0.2, -0.15) is 0 Å². The van der Waals surface area contributed by atoms with Crippen molar-refractivity contribution in [1.82, 2.24) is 10.6 Å².